The van der Waals surface area contributed by atoms with Gasteiger partial charge in [-0.25, -0.2) is 9.36 Å². The van der Waals surface area contributed by atoms with Crippen LogP contribution in [-0.4, -0.2) is 39.5 Å². The predicted octanol–water partition coefficient (Wildman–Crippen LogP) is 0.245. The van der Waals surface area contributed by atoms with Crippen molar-refractivity contribution in [2.75, 3.05) is 24.8 Å². The van der Waals surface area contributed by atoms with Crippen LogP contribution in [0.2, 0.25) is 0 Å². The predicted molar refractivity (Wildman–Crippen MR) is 72.1 cm³/mol. The summed E-state index contributed by atoms with van der Waals surface area (Å²) in [4.78, 5) is 22.7. The summed E-state index contributed by atoms with van der Waals surface area (Å²) in [7, 11) is 1.21. The van der Waals surface area contributed by atoms with E-state index in [2.05, 4.69) is 26.6 Å². The Balaban J connectivity index is 2.74. The summed E-state index contributed by atoms with van der Waals surface area (Å²) in [5, 5.41) is 2.81. The maximum Gasteiger partial charge on any atom is 0.331 e. The molecule has 1 unspecified atom stereocenters. The standard InChI is InChI=1S/C9H13N6OP/c1-11-8-13-6(10)5-7(14-8)15(4-17(2)3)9(16)12-5/h2,4H2,1,3H3,(H3-,10,11,12,13,14,16)/p+1. The molecule has 2 heterocycles. The molecule has 8 heteroatoms. The van der Waals surface area contributed by atoms with E-state index in [1.165, 1.54) is 0 Å². The van der Waals surface area contributed by atoms with Crippen LogP contribution in [0.4, 0.5) is 11.8 Å². The quantitative estimate of drug-likeness (QED) is 0.680. The fourth-order valence-electron chi connectivity index (χ4n) is 1.54. The first kappa shape index (κ1) is 11.6. The summed E-state index contributed by atoms with van der Waals surface area (Å²) in [6.07, 6.45) is 4.48. The van der Waals surface area contributed by atoms with Gasteiger partial charge >= 0.3 is 5.69 Å². The SMILES string of the molecule is C=[P+](C)Cn1c(=O)[nH]c2c(N)nc(NC)nc21. The van der Waals surface area contributed by atoms with E-state index >= 15 is 0 Å². The Hall–Kier alpha value is -1.88. The van der Waals surface area contributed by atoms with E-state index in [-0.39, 0.29) is 11.5 Å². The van der Waals surface area contributed by atoms with Gasteiger partial charge in [0.25, 0.3) is 0 Å². The summed E-state index contributed by atoms with van der Waals surface area (Å²) < 4.78 is 1.55. The Morgan fingerprint density at radius 2 is 2.29 bits per heavy atom. The molecule has 0 aromatic carbocycles. The molecule has 0 bridgehead atoms. The van der Waals surface area contributed by atoms with Gasteiger partial charge in [-0.3, -0.25) is 0 Å². The first-order chi connectivity index (χ1) is 8.02. The van der Waals surface area contributed by atoms with Crippen LogP contribution in [0.5, 0.6) is 0 Å². The largest absolute Gasteiger partial charge is 0.382 e. The zero-order valence-corrected chi connectivity index (χ0v) is 10.6. The monoisotopic (exact) mass is 253 g/mol. The number of aromatic amines is 1. The van der Waals surface area contributed by atoms with Crippen molar-refractivity contribution in [2.24, 2.45) is 0 Å². The van der Waals surface area contributed by atoms with Crippen molar-refractivity contribution >= 4 is 36.8 Å². The minimum atomic E-state index is -0.493. The maximum atomic E-state index is 11.8. The highest BCUT2D eigenvalue weighted by molar-refractivity contribution is 7.53. The van der Waals surface area contributed by atoms with E-state index in [0.717, 1.165) is 0 Å². The molecule has 0 fully saturated rings. The summed E-state index contributed by atoms with van der Waals surface area (Å²) in [5.41, 5.74) is 6.53. The van der Waals surface area contributed by atoms with Gasteiger partial charge in [-0.2, -0.15) is 9.97 Å². The number of anilines is 2. The lowest BCUT2D eigenvalue weighted by molar-refractivity contribution is 0.854. The van der Waals surface area contributed by atoms with Crippen LogP contribution in [0.15, 0.2) is 4.79 Å². The van der Waals surface area contributed by atoms with Crippen molar-refractivity contribution in [1.82, 2.24) is 19.5 Å². The van der Waals surface area contributed by atoms with Crippen LogP contribution >= 0.6 is 7.55 Å². The Morgan fingerprint density at radius 3 is 2.88 bits per heavy atom. The van der Waals surface area contributed by atoms with Gasteiger partial charge in [0.15, 0.2) is 17.8 Å². The highest BCUT2D eigenvalue weighted by Crippen LogP contribution is 2.21. The number of hydrogen-bond donors (Lipinski definition) is 3. The second kappa shape index (κ2) is 4.18. The van der Waals surface area contributed by atoms with E-state index < -0.39 is 7.55 Å². The number of H-pyrrole nitrogens is 1. The van der Waals surface area contributed by atoms with E-state index in [1.807, 2.05) is 6.66 Å². The van der Waals surface area contributed by atoms with E-state index in [9.17, 15) is 4.79 Å². The van der Waals surface area contributed by atoms with Crippen LogP contribution in [-0.2, 0) is 6.29 Å². The lowest BCUT2D eigenvalue weighted by Crippen LogP contribution is -2.15. The number of aromatic nitrogens is 4. The Kier molecular flexibility index (Phi) is 2.85. The van der Waals surface area contributed by atoms with Crippen LogP contribution < -0.4 is 16.7 Å². The van der Waals surface area contributed by atoms with Crippen LogP contribution in [0.3, 0.4) is 0 Å². The molecule has 0 radical (unpaired) electrons. The van der Waals surface area contributed by atoms with Crippen LogP contribution in [0.25, 0.3) is 11.2 Å². The Morgan fingerprint density at radius 1 is 1.59 bits per heavy atom. The minimum Gasteiger partial charge on any atom is -0.382 e. The van der Waals surface area contributed by atoms with Crippen molar-refractivity contribution in [3.63, 3.8) is 0 Å². The Bertz CT molecular complexity index is 643. The second-order valence-corrected chi connectivity index (χ2v) is 5.73. The number of hydrogen-bond acceptors (Lipinski definition) is 5. The normalized spacial score (nSPS) is 11.8. The van der Waals surface area contributed by atoms with Gasteiger partial charge < -0.3 is 16.0 Å². The van der Waals surface area contributed by atoms with Gasteiger partial charge in [0.2, 0.25) is 5.95 Å². The molecule has 2 aromatic rings. The molecule has 0 saturated heterocycles. The van der Waals surface area contributed by atoms with Gasteiger partial charge in [0.1, 0.15) is 13.1 Å². The number of imidazole rings is 1. The number of fused-ring (bicyclic) bond motifs is 1. The molecule has 0 saturated carbocycles. The topological polar surface area (TPSA) is 102 Å². The average Bonchev–Trinajstić information content (AvgIpc) is 2.56. The molecule has 0 aliphatic heterocycles. The molecule has 2 rings (SSSR count). The van der Waals surface area contributed by atoms with Crippen molar-refractivity contribution in [3.8, 4) is 0 Å². The van der Waals surface area contributed by atoms with Gasteiger partial charge in [-0.05, 0) is 0 Å². The summed E-state index contributed by atoms with van der Waals surface area (Å²) in [6, 6.07) is 0. The fourth-order valence-corrected chi connectivity index (χ4v) is 2.28. The van der Waals surface area contributed by atoms with Crippen molar-refractivity contribution in [3.05, 3.63) is 10.5 Å². The lowest BCUT2D eigenvalue weighted by Gasteiger charge is -2.01. The zero-order chi connectivity index (χ0) is 12.6. The number of nitrogens with zero attached hydrogens (tertiary/aromatic N) is 3. The summed E-state index contributed by atoms with van der Waals surface area (Å²) >= 11 is 0. The highest BCUT2D eigenvalue weighted by atomic mass is 31.1. The molecule has 2 aromatic heterocycles. The maximum absolute atomic E-state index is 11.8. The number of nitrogens with two attached hydrogens (primary N) is 1. The van der Waals surface area contributed by atoms with E-state index in [4.69, 9.17) is 5.73 Å². The first-order valence-corrected chi connectivity index (χ1v) is 7.14. The molecule has 0 aliphatic rings. The smallest absolute Gasteiger partial charge is 0.331 e. The van der Waals surface area contributed by atoms with Gasteiger partial charge in [-0.1, -0.05) is 0 Å². The average molecular weight is 253 g/mol. The molecule has 1 atom stereocenters. The molecule has 17 heavy (non-hydrogen) atoms. The molecule has 0 amide bonds. The van der Waals surface area contributed by atoms with Crippen molar-refractivity contribution in [2.45, 2.75) is 6.29 Å². The molecule has 4 N–H and O–H groups in total. The third-order valence-electron chi connectivity index (χ3n) is 2.26. The van der Waals surface area contributed by atoms with E-state index in [1.54, 1.807) is 11.6 Å². The molecule has 90 valence electrons. The van der Waals surface area contributed by atoms with Gasteiger partial charge in [-0.15, -0.1) is 0 Å². The van der Waals surface area contributed by atoms with Crippen LogP contribution in [0, 0.1) is 0 Å². The highest BCUT2D eigenvalue weighted by Gasteiger charge is 2.15. The summed E-state index contributed by atoms with van der Waals surface area (Å²) in [6.45, 7) is 1.99. The second-order valence-electron chi connectivity index (χ2n) is 3.74. The number of nitrogen functional groups attached to an aromatic ring is 1. The third-order valence-corrected chi connectivity index (χ3v) is 3.02. The number of nitrogens with one attached hydrogen (secondary N) is 2. The summed E-state index contributed by atoms with van der Waals surface area (Å²) in [5.74, 6) is 0.659. The van der Waals surface area contributed by atoms with Gasteiger partial charge in [0, 0.05) is 7.05 Å². The first-order valence-electron chi connectivity index (χ1n) is 4.98. The molecular weight excluding hydrogens is 239 g/mol. The van der Waals surface area contributed by atoms with Crippen LogP contribution in [0.1, 0.15) is 0 Å². The van der Waals surface area contributed by atoms with Crippen molar-refractivity contribution < 1.29 is 0 Å². The molecular formula is C9H14N6OP+. The minimum absolute atomic E-state index is 0.229. The lowest BCUT2D eigenvalue weighted by atomic mass is 10.5. The van der Waals surface area contributed by atoms with E-state index in [0.29, 0.717) is 23.4 Å². The van der Waals surface area contributed by atoms with Gasteiger partial charge in [0.05, 0.1) is 13.0 Å². The molecule has 7 nitrogen and oxygen atoms in total. The number of rotatable bonds is 3. The Labute approximate surface area is 98.5 Å². The zero-order valence-electron chi connectivity index (χ0n) is 9.69. The van der Waals surface area contributed by atoms with Crippen molar-refractivity contribution in [1.29, 1.82) is 0 Å². The molecule has 0 aliphatic carbocycles. The third kappa shape index (κ3) is 2.01. The fraction of sp³-hybridized carbons (Fsp3) is 0.333. The molecule has 0 spiro atoms.